The fourth-order valence-corrected chi connectivity index (χ4v) is 1.87. The summed E-state index contributed by atoms with van der Waals surface area (Å²) in [6.07, 6.45) is 6.17. The molecule has 0 atom stereocenters. The Morgan fingerprint density at radius 1 is 1.13 bits per heavy atom. The van der Waals surface area contributed by atoms with Crippen LogP contribution in [-0.4, -0.2) is 18.7 Å². The van der Waals surface area contributed by atoms with E-state index in [-0.39, 0.29) is 12.5 Å². The number of benzene rings is 2. The van der Waals surface area contributed by atoms with Gasteiger partial charge in [0.15, 0.2) is 6.61 Å². The first kappa shape index (κ1) is 16.5. The molecule has 23 heavy (non-hydrogen) atoms. The van der Waals surface area contributed by atoms with Crippen molar-refractivity contribution in [1.29, 1.82) is 0 Å². The Balaban J connectivity index is 1.70. The van der Waals surface area contributed by atoms with Gasteiger partial charge in [0.05, 0.1) is 0 Å². The maximum absolute atomic E-state index is 11.6. The molecule has 0 aliphatic rings. The van der Waals surface area contributed by atoms with Gasteiger partial charge in [-0.3, -0.25) is 4.79 Å². The SMILES string of the molecule is CCc1ccc(OCC(=O)N/N=C\C=C\c2ccccc2)cc1. The molecule has 0 unspecified atom stereocenters. The van der Waals surface area contributed by atoms with Gasteiger partial charge in [-0.15, -0.1) is 0 Å². The van der Waals surface area contributed by atoms with Crippen molar-refractivity contribution in [3.63, 3.8) is 0 Å². The van der Waals surface area contributed by atoms with E-state index in [0.717, 1.165) is 12.0 Å². The average Bonchev–Trinajstić information content (AvgIpc) is 2.61. The first-order chi connectivity index (χ1) is 11.3. The quantitative estimate of drug-likeness (QED) is 0.629. The molecule has 0 aliphatic carbocycles. The molecule has 4 nitrogen and oxygen atoms in total. The molecule has 2 rings (SSSR count). The minimum Gasteiger partial charge on any atom is -0.484 e. The first-order valence-electron chi connectivity index (χ1n) is 7.53. The van der Waals surface area contributed by atoms with E-state index < -0.39 is 0 Å². The van der Waals surface area contributed by atoms with Crippen molar-refractivity contribution in [2.75, 3.05) is 6.61 Å². The Morgan fingerprint density at radius 3 is 2.57 bits per heavy atom. The highest BCUT2D eigenvalue weighted by Crippen LogP contribution is 2.12. The largest absolute Gasteiger partial charge is 0.484 e. The second-order valence-electron chi connectivity index (χ2n) is 4.87. The van der Waals surface area contributed by atoms with Crippen LogP contribution in [0.5, 0.6) is 5.75 Å². The topological polar surface area (TPSA) is 50.7 Å². The molecule has 0 heterocycles. The Morgan fingerprint density at radius 2 is 1.87 bits per heavy atom. The van der Waals surface area contributed by atoms with Crippen LogP contribution in [0.1, 0.15) is 18.1 Å². The number of hydrogen-bond donors (Lipinski definition) is 1. The summed E-state index contributed by atoms with van der Waals surface area (Å²) in [7, 11) is 0. The molecule has 0 fully saturated rings. The number of hydrogen-bond acceptors (Lipinski definition) is 3. The lowest BCUT2D eigenvalue weighted by atomic mass is 10.2. The van der Waals surface area contributed by atoms with E-state index in [0.29, 0.717) is 5.75 Å². The zero-order valence-corrected chi connectivity index (χ0v) is 13.1. The molecule has 0 saturated heterocycles. The van der Waals surface area contributed by atoms with Gasteiger partial charge in [-0.1, -0.05) is 55.5 Å². The van der Waals surface area contributed by atoms with Gasteiger partial charge < -0.3 is 4.74 Å². The number of amides is 1. The van der Waals surface area contributed by atoms with Crippen LogP contribution in [0.2, 0.25) is 0 Å². The van der Waals surface area contributed by atoms with Crippen LogP contribution in [0.25, 0.3) is 6.08 Å². The first-order valence-corrected chi connectivity index (χ1v) is 7.53. The van der Waals surface area contributed by atoms with Gasteiger partial charge in [-0.05, 0) is 35.8 Å². The van der Waals surface area contributed by atoms with E-state index in [4.69, 9.17) is 4.74 Å². The molecule has 0 saturated carbocycles. The van der Waals surface area contributed by atoms with Crippen molar-refractivity contribution in [1.82, 2.24) is 5.43 Å². The molecule has 2 aromatic carbocycles. The minimum absolute atomic E-state index is 0.0643. The van der Waals surface area contributed by atoms with Gasteiger partial charge in [0.25, 0.3) is 5.91 Å². The molecule has 1 amide bonds. The standard InChI is InChI=1S/C19H20N2O2/c1-2-16-10-12-18(13-11-16)23-15-19(22)21-20-14-6-9-17-7-4-3-5-8-17/h3-14H,2,15H2,1H3,(H,21,22)/b9-6+,20-14-. The van der Waals surface area contributed by atoms with Crippen molar-refractivity contribution in [2.24, 2.45) is 5.10 Å². The fourth-order valence-electron chi connectivity index (χ4n) is 1.87. The van der Waals surface area contributed by atoms with Crippen molar-refractivity contribution in [2.45, 2.75) is 13.3 Å². The van der Waals surface area contributed by atoms with Crippen molar-refractivity contribution >= 4 is 18.2 Å². The van der Waals surface area contributed by atoms with E-state index in [1.165, 1.54) is 11.8 Å². The average molecular weight is 308 g/mol. The molecule has 0 bridgehead atoms. The van der Waals surface area contributed by atoms with Gasteiger partial charge in [0.1, 0.15) is 5.75 Å². The van der Waals surface area contributed by atoms with E-state index in [9.17, 15) is 4.79 Å². The maximum atomic E-state index is 11.6. The van der Waals surface area contributed by atoms with Gasteiger partial charge >= 0.3 is 0 Å². The summed E-state index contributed by atoms with van der Waals surface area (Å²) in [4.78, 5) is 11.6. The minimum atomic E-state index is -0.297. The summed E-state index contributed by atoms with van der Waals surface area (Å²) < 4.78 is 5.39. The Bertz CT molecular complexity index is 662. The molecule has 1 N–H and O–H groups in total. The number of allylic oxidation sites excluding steroid dienone is 1. The molecule has 118 valence electrons. The number of carbonyl (C=O) groups is 1. The predicted octanol–water partition coefficient (Wildman–Crippen LogP) is 3.44. The van der Waals surface area contributed by atoms with Gasteiger partial charge in [0, 0.05) is 6.21 Å². The Kier molecular flexibility index (Phi) is 6.60. The van der Waals surface area contributed by atoms with E-state index in [1.54, 1.807) is 6.08 Å². The lowest BCUT2D eigenvalue weighted by Crippen LogP contribution is -2.24. The molecule has 0 aliphatic heterocycles. The Labute approximate surface area is 136 Å². The highest BCUT2D eigenvalue weighted by molar-refractivity contribution is 5.81. The van der Waals surface area contributed by atoms with Crippen LogP contribution in [-0.2, 0) is 11.2 Å². The van der Waals surface area contributed by atoms with E-state index >= 15 is 0 Å². The summed E-state index contributed by atoms with van der Waals surface area (Å²) in [5.41, 5.74) is 4.72. The third-order valence-corrected chi connectivity index (χ3v) is 3.14. The van der Waals surface area contributed by atoms with Crippen LogP contribution in [0.15, 0.2) is 65.8 Å². The summed E-state index contributed by atoms with van der Waals surface area (Å²) >= 11 is 0. The lowest BCUT2D eigenvalue weighted by molar-refractivity contribution is -0.123. The summed E-state index contributed by atoms with van der Waals surface area (Å²) in [5, 5.41) is 3.83. The maximum Gasteiger partial charge on any atom is 0.277 e. The molecule has 4 heteroatoms. The molecule has 0 spiro atoms. The summed E-state index contributed by atoms with van der Waals surface area (Å²) in [5.74, 6) is 0.374. The number of ether oxygens (including phenoxy) is 1. The zero-order valence-electron chi connectivity index (χ0n) is 13.1. The second kappa shape index (κ2) is 9.20. The van der Waals surface area contributed by atoms with Gasteiger partial charge in [-0.25, -0.2) is 5.43 Å². The van der Waals surface area contributed by atoms with Crippen LogP contribution in [0.4, 0.5) is 0 Å². The van der Waals surface area contributed by atoms with Crippen LogP contribution in [0, 0.1) is 0 Å². The van der Waals surface area contributed by atoms with Crippen molar-refractivity contribution in [3.05, 3.63) is 71.8 Å². The van der Waals surface area contributed by atoms with Gasteiger partial charge in [0.2, 0.25) is 0 Å². The lowest BCUT2D eigenvalue weighted by Gasteiger charge is -2.05. The van der Waals surface area contributed by atoms with Crippen molar-refractivity contribution in [3.8, 4) is 5.75 Å². The van der Waals surface area contributed by atoms with Crippen molar-refractivity contribution < 1.29 is 9.53 Å². The molecular weight excluding hydrogens is 288 g/mol. The normalized spacial score (nSPS) is 11.0. The molecular formula is C19H20N2O2. The van der Waals surface area contributed by atoms with E-state index in [2.05, 4.69) is 17.5 Å². The number of nitrogens with zero attached hydrogens (tertiary/aromatic N) is 1. The van der Waals surface area contributed by atoms with Crippen LogP contribution < -0.4 is 10.2 Å². The third-order valence-electron chi connectivity index (χ3n) is 3.14. The van der Waals surface area contributed by atoms with Crippen LogP contribution >= 0.6 is 0 Å². The number of nitrogens with one attached hydrogen (secondary N) is 1. The van der Waals surface area contributed by atoms with Gasteiger partial charge in [-0.2, -0.15) is 5.10 Å². The smallest absolute Gasteiger partial charge is 0.277 e. The highest BCUT2D eigenvalue weighted by atomic mass is 16.5. The predicted molar refractivity (Wildman–Crippen MR) is 93.4 cm³/mol. The fraction of sp³-hybridized carbons (Fsp3) is 0.158. The number of carbonyl (C=O) groups excluding carboxylic acids is 1. The second-order valence-corrected chi connectivity index (χ2v) is 4.87. The zero-order chi connectivity index (χ0) is 16.3. The van der Waals surface area contributed by atoms with E-state index in [1.807, 2.05) is 60.7 Å². The monoisotopic (exact) mass is 308 g/mol. The summed E-state index contributed by atoms with van der Waals surface area (Å²) in [6.45, 7) is 2.03. The summed E-state index contributed by atoms with van der Waals surface area (Å²) in [6, 6.07) is 17.5. The van der Waals surface area contributed by atoms with Crippen LogP contribution in [0.3, 0.4) is 0 Å². The molecule has 2 aromatic rings. The number of rotatable bonds is 7. The number of hydrazone groups is 1. The third kappa shape index (κ3) is 6.18. The molecule has 0 aromatic heterocycles. The highest BCUT2D eigenvalue weighted by Gasteiger charge is 2.00. The number of aryl methyl sites for hydroxylation is 1. The Hall–Kier alpha value is -2.88. The molecule has 0 radical (unpaired) electrons.